The van der Waals surface area contributed by atoms with Gasteiger partial charge in [-0.1, -0.05) is 188 Å². The molecule has 13 aromatic rings. The van der Waals surface area contributed by atoms with Gasteiger partial charge < -0.3 is 0 Å². The highest BCUT2D eigenvalue weighted by atomic mass is 28.3. The number of pyridine rings is 2. The fourth-order valence-corrected chi connectivity index (χ4v) is 16.7. The van der Waals surface area contributed by atoms with Crippen molar-refractivity contribution in [1.29, 1.82) is 0 Å². The van der Waals surface area contributed by atoms with Crippen LogP contribution in [0.25, 0.3) is 101 Å². The number of para-hydroxylation sites is 4. The second-order valence-corrected chi connectivity index (χ2v) is 21.2. The third-order valence-electron chi connectivity index (χ3n) is 14.0. The Bertz CT molecular complexity index is 3820. The van der Waals surface area contributed by atoms with Crippen LogP contribution in [-0.2, 0) is 0 Å². The van der Waals surface area contributed by atoms with Gasteiger partial charge in [0.05, 0.1) is 33.5 Å². The molecule has 1 aliphatic rings. The van der Waals surface area contributed by atoms with Crippen molar-refractivity contribution >= 4 is 72.4 Å². The molecule has 0 fully saturated rings. The fraction of sp³-hybridized carbons (Fsp3) is 0. The van der Waals surface area contributed by atoms with Crippen LogP contribution < -0.4 is 20.7 Å². The predicted molar refractivity (Wildman–Crippen MR) is 283 cm³/mol. The fourth-order valence-electron chi connectivity index (χ4n) is 11.2. The van der Waals surface area contributed by atoms with Gasteiger partial charge in [0.15, 0.2) is 13.9 Å². The van der Waals surface area contributed by atoms with Gasteiger partial charge >= 0.3 is 0 Å². The zero-order valence-corrected chi connectivity index (χ0v) is 38.1. The first-order valence-corrected chi connectivity index (χ1v) is 25.3. The molecule has 69 heavy (non-hydrogen) atoms. The minimum Gasteiger partial charge on any atom is -0.278 e. The lowest BCUT2D eigenvalue weighted by Crippen LogP contribution is -2.73. The van der Waals surface area contributed by atoms with Crippen LogP contribution in [-0.4, -0.2) is 42.1 Å². The van der Waals surface area contributed by atoms with Crippen molar-refractivity contribution in [2.24, 2.45) is 0 Å². The standard InChI is InChI=1S/C61H39N7Si/c1-4-19-40(20-5-1)45-35-37-62-55-56-58(46(36-38-63-56)41-21-6-2-7-22-41)69(57(45)55,43-24-8-3-9-25-43)44-26-18-23-42(39-44)59-64-60(67-51-31-14-10-27-47(51)48-28-11-15-32-52(48)67)66-61(65-59)68-53-33-16-12-29-49(53)50-30-13-17-34-54(50)68/h1-39H. The third kappa shape index (κ3) is 5.82. The minimum atomic E-state index is -3.33. The van der Waals surface area contributed by atoms with E-state index in [2.05, 4.69) is 234 Å². The van der Waals surface area contributed by atoms with Gasteiger partial charge in [0.25, 0.3) is 0 Å². The maximum atomic E-state index is 5.52. The Kier molecular flexibility index (Phi) is 8.77. The molecule has 8 heteroatoms. The molecule has 0 bridgehead atoms. The Morgan fingerprint density at radius 1 is 0.319 bits per heavy atom. The quantitative estimate of drug-likeness (QED) is 0.149. The maximum Gasteiger partial charge on any atom is 0.240 e. The van der Waals surface area contributed by atoms with Crippen molar-refractivity contribution in [3.8, 4) is 56.9 Å². The van der Waals surface area contributed by atoms with Crippen molar-refractivity contribution in [1.82, 2.24) is 34.1 Å². The molecule has 0 saturated carbocycles. The van der Waals surface area contributed by atoms with Crippen molar-refractivity contribution in [3.05, 3.63) is 237 Å². The summed E-state index contributed by atoms with van der Waals surface area (Å²) < 4.78 is 4.38. The van der Waals surface area contributed by atoms with Gasteiger partial charge in [-0.05, 0) is 79.4 Å². The largest absolute Gasteiger partial charge is 0.278 e. The van der Waals surface area contributed by atoms with Crippen LogP contribution in [0.5, 0.6) is 0 Å². The Labute approximate surface area is 398 Å². The van der Waals surface area contributed by atoms with Gasteiger partial charge in [0, 0.05) is 39.5 Å². The maximum absolute atomic E-state index is 5.52. The summed E-state index contributed by atoms with van der Waals surface area (Å²) in [6, 6.07) is 80.0. The summed E-state index contributed by atoms with van der Waals surface area (Å²) in [5, 5.41) is 9.40. The molecule has 8 aromatic carbocycles. The third-order valence-corrected chi connectivity index (χ3v) is 18.9. The summed E-state index contributed by atoms with van der Waals surface area (Å²) >= 11 is 0. The number of hydrogen-bond acceptors (Lipinski definition) is 5. The lowest BCUT2D eigenvalue weighted by Gasteiger charge is -2.34. The van der Waals surface area contributed by atoms with Crippen LogP contribution in [0.1, 0.15) is 0 Å². The van der Waals surface area contributed by atoms with Crippen molar-refractivity contribution < 1.29 is 0 Å². The van der Waals surface area contributed by atoms with Gasteiger partial charge in [-0.2, -0.15) is 15.0 Å². The van der Waals surface area contributed by atoms with Crippen molar-refractivity contribution in [3.63, 3.8) is 0 Å². The van der Waals surface area contributed by atoms with E-state index in [9.17, 15) is 0 Å². The molecule has 0 spiro atoms. The van der Waals surface area contributed by atoms with E-state index in [0.717, 1.165) is 82.8 Å². The highest BCUT2D eigenvalue weighted by molar-refractivity contribution is 7.23. The monoisotopic (exact) mass is 897 g/mol. The number of aromatic nitrogens is 7. The van der Waals surface area contributed by atoms with Crippen molar-refractivity contribution in [2.75, 3.05) is 0 Å². The molecule has 5 aromatic heterocycles. The molecule has 0 radical (unpaired) electrons. The Hall–Kier alpha value is -9.11. The van der Waals surface area contributed by atoms with Crippen LogP contribution in [0.4, 0.5) is 0 Å². The lowest BCUT2D eigenvalue weighted by atomic mass is 10.0. The van der Waals surface area contributed by atoms with Gasteiger partial charge in [0.2, 0.25) is 11.9 Å². The van der Waals surface area contributed by atoms with E-state index >= 15 is 0 Å². The van der Waals surface area contributed by atoms with Crippen LogP contribution in [0, 0.1) is 0 Å². The number of fused-ring (bicyclic) bond motifs is 9. The molecule has 0 unspecified atom stereocenters. The summed E-state index contributed by atoms with van der Waals surface area (Å²) in [5.41, 5.74) is 11.4. The van der Waals surface area contributed by atoms with E-state index in [0.29, 0.717) is 17.7 Å². The van der Waals surface area contributed by atoms with Crippen LogP contribution in [0.3, 0.4) is 0 Å². The Morgan fingerprint density at radius 2 is 0.696 bits per heavy atom. The first-order valence-electron chi connectivity index (χ1n) is 23.3. The number of nitrogens with zero attached hydrogens (tertiary/aromatic N) is 7. The number of hydrogen-bond donors (Lipinski definition) is 0. The van der Waals surface area contributed by atoms with E-state index < -0.39 is 8.07 Å². The van der Waals surface area contributed by atoms with Crippen LogP contribution in [0.2, 0.25) is 0 Å². The first kappa shape index (κ1) is 39.1. The van der Waals surface area contributed by atoms with E-state index in [4.69, 9.17) is 24.9 Å². The smallest absolute Gasteiger partial charge is 0.240 e. The minimum absolute atomic E-state index is 0.539. The molecule has 14 rings (SSSR count). The molecule has 322 valence electrons. The highest BCUT2D eigenvalue weighted by Crippen LogP contribution is 2.37. The summed E-state index contributed by atoms with van der Waals surface area (Å²) in [5.74, 6) is 1.65. The lowest BCUT2D eigenvalue weighted by molar-refractivity contribution is 0.893. The molecule has 0 aliphatic carbocycles. The molecule has 0 amide bonds. The zero-order valence-electron chi connectivity index (χ0n) is 37.1. The van der Waals surface area contributed by atoms with E-state index in [-0.39, 0.29) is 0 Å². The molecular formula is C61H39N7Si. The Balaban J connectivity index is 1.09. The average Bonchev–Trinajstić information content (AvgIpc) is 4.06. The second-order valence-electron chi connectivity index (χ2n) is 17.6. The van der Waals surface area contributed by atoms with Crippen LogP contribution >= 0.6 is 0 Å². The summed E-state index contributed by atoms with van der Waals surface area (Å²) in [6.07, 6.45) is 3.90. The summed E-state index contributed by atoms with van der Waals surface area (Å²) in [6.45, 7) is 0. The molecule has 7 nitrogen and oxygen atoms in total. The average molecular weight is 898 g/mol. The van der Waals surface area contributed by atoms with Gasteiger partial charge in [-0.15, -0.1) is 0 Å². The van der Waals surface area contributed by atoms with Gasteiger partial charge in [-0.25, -0.2) is 0 Å². The van der Waals surface area contributed by atoms with E-state index in [1.165, 1.54) is 20.7 Å². The van der Waals surface area contributed by atoms with Crippen LogP contribution in [0.15, 0.2) is 237 Å². The molecule has 0 atom stereocenters. The molecule has 6 heterocycles. The van der Waals surface area contributed by atoms with Gasteiger partial charge in [0.1, 0.15) is 0 Å². The number of rotatable bonds is 7. The predicted octanol–water partition coefficient (Wildman–Crippen LogP) is 11.2. The Morgan fingerprint density at radius 3 is 1.14 bits per heavy atom. The first-order chi connectivity index (χ1) is 34.3. The highest BCUT2D eigenvalue weighted by Gasteiger charge is 2.53. The zero-order chi connectivity index (χ0) is 45.5. The van der Waals surface area contributed by atoms with Crippen molar-refractivity contribution in [2.45, 2.75) is 0 Å². The normalized spacial score (nSPS) is 12.8. The summed E-state index contributed by atoms with van der Waals surface area (Å²) in [7, 11) is -3.33. The molecule has 1 aliphatic heterocycles. The van der Waals surface area contributed by atoms with E-state index in [1.807, 2.05) is 12.4 Å². The van der Waals surface area contributed by atoms with Gasteiger partial charge in [-0.3, -0.25) is 19.1 Å². The SMILES string of the molecule is c1ccc(-c2ccnc3c2[Si](c2ccccc2)(c2cccc(-c4nc(-n5c6ccccc6c6ccccc65)nc(-n5c6ccccc6c6ccccc65)n4)c2)c2c(-c4ccccc4)ccnc2-3)cc1. The summed E-state index contributed by atoms with van der Waals surface area (Å²) in [4.78, 5) is 27.0. The second kappa shape index (κ2) is 15.5. The molecule has 0 N–H and O–H groups in total. The topological polar surface area (TPSA) is 74.3 Å². The number of benzene rings is 8. The molecular weight excluding hydrogens is 859 g/mol. The molecule has 0 saturated heterocycles. The van der Waals surface area contributed by atoms with E-state index in [1.54, 1.807) is 0 Å².